The summed E-state index contributed by atoms with van der Waals surface area (Å²) >= 11 is 1.09. The molecule has 0 amide bonds. The fourth-order valence-electron chi connectivity index (χ4n) is 7.78. The topological polar surface area (TPSA) is 25.8 Å². The Bertz CT molecular complexity index is 5520. The van der Waals surface area contributed by atoms with E-state index in [4.69, 9.17) is 24.7 Å². The maximum atomic E-state index is 9.78. The van der Waals surface area contributed by atoms with Gasteiger partial charge in [0.25, 0.3) is 0 Å². The Kier molecular flexibility index (Phi) is 3.68. The molecule has 0 aliphatic carbocycles. The van der Waals surface area contributed by atoms with Crippen LogP contribution in [0.1, 0.15) is 38.4 Å². The zero-order valence-corrected chi connectivity index (χ0v) is 31.6. The highest BCUT2D eigenvalue weighted by atomic mass is 32.1. The lowest BCUT2D eigenvalue weighted by atomic mass is 9.91. The van der Waals surface area contributed by atoms with E-state index in [1.165, 1.54) is 6.07 Å². The van der Waals surface area contributed by atoms with Crippen LogP contribution < -0.4 is 0 Å². The summed E-state index contributed by atoms with van der Waals surface area (Å²) in [7, 11) is 0. The Hall–Kier alpha value is -7.72. The van der Waals surface area contributed by atoms with Crippen LogP contribution in [-0.4, -0.2) is 9.97 Å². The minimum atomic E-state index is -0.788. The number of aromatic nitrogens is 2. The monoisotopic (exact) mass is 818 g/mol. The number of nitrogens with zero attached hydrogens (tertiary/aromatic N) is 2. The van der Waals surface area contributed by atoms with Crippen LogP contribution in [0.15, 0.2) is 206 Å². The number of fused-ring (bicyclic) bond motifs is 15. The van der Waals surface area contributed by atoms with Crippen LogP contribution >= 0.6 is 11.3 Å². The van der Waals surface area contributed by atoms with Crippen molar-refractivity contribution in [3.8, 4) is 44.6 Å². The van der Waals surface area contributed by atoms with Crippen molar-refractivity contribution in [2.75, 3.05) is 0 Å². The van der Waals surface area contributed by atoms with E-state index in [2.05, 4.69) is 9.97 Å². The van der Waals surface area contributed by atoms with Crippen LogP contribution in [-0.2, 0) is 0 Å². The average molecular weight is 819 g/mol. The number of benzene rings is 11. The molecule has 0 atom stereocenters. The lowest BCUT2D eigenvalue weighted by Gasteiger charge is -2.12. The van der Waals surface area contributed by atoms with Gasteiger partial charge >= 0.3 is 0 Å². The third-order valence-electron chi connectivity index (χ3n) is 10.5. The van der Waals surface area contributed by atoms with E-state index in [0.717, 1.165) is 29.8 Å². The molecule has 0 bridgehead atoms. The van der Waals surface area contributed by atoms with Crippen molar-refractivity contribution in [2.24, 2.45) is 0 Å². The molecule has 0 fully saturated rings. The highest BCUT2D eigenvalue weighted by Crippen LogP contribution is 2.43. The molecule has 11 aromatic carbocycles. The maximum absolute atomic E-state index is 9.78. The first kappa shape index (κ1) is 16.7. The van der Waals surface area contributed by atoms with Gasteiger partial charge in [-0.25, -0.2) is 9.97 Å². The predicted molar refractivity (Wildman–Crippen MR) is 262 cm³/mol. The molecule has 282 valence electrons. The lowest BCUT2D eigenvalue weighted by molar-refractivity contribution is 1.24. The van der Waals surface area contributed by atoms with Crippen molar-refractivity contribution in [1.29, 1.82) is 0 Å². The molecule has 2 heterocycles. The summed E-state index contributed by atoms with van der Waals surface area (Å²) in [6.07, 6.45) is 1.13. The van der Waals surface area contributed by atoms with Gasteiger partial charge in [0.1, 0.15) is 6.33 Å². The molecule has 0 unspecified atom stereocenters. The Morgan fingerprint density at radius 2 is 0.754 bits per heavy atom. The van der Waals surface area contributed by atoms with Crippen molar-refractivity contribution in [2.45, 2.75) is 0 Å². The van der Waals surface area contributed by atoms with Crippen LogP contribution in [0.3, 0.4) is 0 Å². The molecule has 3 heteroatoms. The SMILES string of the molecule is [2H]c1cc([2H])c(-c2c([2H])c([2H])c3c4c([2H])c([2H])c([2H])c([2H])c4c4c([2H])c([2H])c([2H])c([2H])c4c3c2[2H])c([2H])c1-c1ccc2sc3c(-c4c([2H])cc([2H])c(-c5c([2H])c([2H])c6c7c([2H])c([2H])c([2H])c([2H])c7c7c([2H])c([2H])c([2H])c([2H])c7c6c5[2H])c4[2H])ncnc3c2c1. The fourth-order valence-corrected chi connectivity index (χ4v) is 8.91. The second-order valence-electron chi connectivity index (χ2n) is 13.8. The summed E-state index contributed by atoms with van der Waals surface area (Å²) < 4.78 is 254. The number of rotatable bonds is 4. The van der Waals surface area contributed by atoms with Gasteiger partial charge in [-0.15, -0.1) is 11.3 Å². The van der Waals surface area contributed by atoms with E-state index in [1.807, 2.05) is 0 Å². The highest BCUT2D eigenvalue weighted by molar-refractivity contribution is 7.26. The van der Waals surface area contributed by atoms with Crippen molar-refractivity contribution < 1.29 is 38.4 Å². The Balaban J connectivity index is 1.02. The van der Waals surface area contributed by atoms with E-state index in [-0.39, 0.29) is 60.2 Å². The van der Waals surface area contributed by atoms with Crippen LogP contribution in [0.25, 0.3) is 130 Å². The Morgan fingerprint density at radius 1 is 0.344 bits per heavy atom. The average Bonchev–Trinajstić information content (AvgIpc) is 1.16. The van der Waals surface area contributed by atoms with Crippen LogP contribution in [0.2, 0.25) is 0 Å². The molecule has 13 rings (SSSR count). The molecule has 0 N–H and O–H groups in total. The third-order valence-corrected chi connectivity index (χ3v) is 11.7. The maximum Gasteiger partial charge on any atom is 0.116 e. The van der Waals surface area contributed by atoms with Gasteiger partial charge in [0.15, 0.2) is 0 Å². The number of hydrogen-bond acceptors (Lipinski definition) is 3. The first-order chi connectivity index (χ1) is 41.9. The largest absolute Gasteiger partial charge is 0.235 e. The molecule has 2 nitrogen and oxygen atoms in total. The minimum absolute atomic E-state index is 0.0436. The molecule has 2 aromatic heterocycles. The van der Waals surface area contributed by atoms with Crippen LogP contribution in [0.5, 0.6) is 0 Å². The van der Waals surface area contributed by atoms with Gasteiger partial charge in [-0.2, -0.15) is 0 Å². The van der Waals surface area contributed by atoms with Gasteiger partial charge in [0, 0.05) is 15.6 Å². The molecule has 0 aliphatic rings. The highest BCUT2D eigenvalue weighted by Gasteiger charge is 2.16. The molecular formula is C58H34N2S. The molecule has 13 aromatic rings. The van der Waals surface area contributed by atoms with Crippen LogP contribution in [0.4, 0.5) is 0 Å². The first-order valence-electron chi connectivity index (χ1n) is 32.5. The van der Waals surface area contributed by atoms with E-state index in [0.29, 0.717) is 10.1 Å². The third kappa shape index (κ3) is 5.34. The lowest BCUT2D eigenvalue weighted by Crippen LogP contribution is -1.88. The minimum Gasteiger partial charge on any atom is -0.235 e. The van der Waals surface area contributed by atoms with Gasteiger partial charge in [0.05, 0.1) is 54.3 Å². The molecule has 0 aliphatic heterocycles. The summed E-state index contributed by atoms with van der Waals surface area (Å²) in [5.41, 5.74) is -2.02. The Morgan fingerprint density at radius 3 is 1.26 bits per heavy atom. The molecule has 0 spiro atoms. The van der Waals surface area contributed by atoms with Crippen molar-refractivity contribution in [3.63, 3.8) is 0 Å². The molecule has 0 saturated carbocycles. The fraction of sp³-hybridized carbons (Fsp3) is 0. The number of hydrogen-bond donors (Lipinski definition) is 0. The standard InChI is InChI=1S/C58H34N2S/c1-3-19-46-42(15-1)44-17-5-7-21-48(44)52-31-38(23-26-50(46)52)35-11-9-12-36(29-35)40-25-28-55-54(33-40)57-58(61-55)56(59-34-60-57)41-14-10-13-37(30-41)39-24-27-51-47-20-4-2-16-43(47)45-18-6-8-22-49(45)53(51)32-39/h1-34H/i1D,2D,3D,4D,5D,6D,7D,8D,11D,12D,13D,14D,15D,16D,17D,18D,19D,20D,21D,22D,23D,24D,26D,27D,29D,30D,31D,32D. The second-order valence-corrected chi connectivity index (χ2v) is 14.9. The molecular weight excluding hydrogens is 757 g/mol. The molecule has 0 radical (unpaired) electrons. The predicted octanol–water partition coefficient (Wildman–Crippen LogP) is 16.4. The van der Waals surface area contributed by atoms with Crippen LogP contribution in [0, 0.1) is 0 Å². The summed E-state index contributed by atoms with van der Waals surface area (Å²) in [4.78, 5) is 9.05. The number of thiophene rings is 1. The second kappa shape index (κ2) is 13.4. The van der Waals surface area contributed by atoms with E-state index in [1.54, 1.807) is 12.1 Å². The smallest absolute Gasteiger partial charge is 0.116 e. The summed E-state index contributed by atoms with van der Waals surface area (Å²) in [6, 6.07) is -12.6. The van der Waals surface area contributed by atoms with Crippen molar-refractivity contribution >= 4 is 96.3 Å². The first-order valence-corrected chi connectivity index (χ1v) is 19.3. The zero-order chi connectivity index (χ0) is 64.4. The van der Waals surface area contributed by atoms with Gasteiger partial charge in [-0.1, -0.05) is 163 Å². The van der Waals surface area contributed by atoms with Gasteiger partial charge in [0.2, 0.25) is 0 Å². The quantitative estimate of drug-likeness (QED) is 0.165. The Labute approximate surface area is 395 Å². The van der Waals surface area contributed by atoms with Gasteiger partial charge in [-0.3, -0.25) is 0 Å². The van der Waals surface area contributed by atoms with E-state index in [9.17, 15) is 13.7 Å². The van der Waals surface area contributed by atoms with Crippen molar-refractivity contribution in [3.05, 3.63) is 206 Å². The van der Waals surface area contributed by atoms with E-state index < -0.39 is 228 Å². The van der Waals surface area contributed by atoms with Gasteiger partial charge in [-0.05, 0) is 134 Å². The molecule has 61 heavy (non-hydrogen) atoms. The molecule has 0 saturated heterocycles. The summed E-state index contributed by atoms with van der Waals surface area (Å²) in [5, 5.41) is -4.39. The van der Waals surface area contributed by atoms with Crippen molar-refractivity contribution in [1.82, 2.24) is 9.97 Å². The zero-order valence-electron chi connectivity index (χ0n) is 58.8. The summed E-state index contributed by atoms with van der Waals surface area (Å²) in [6.45, 7) is 0. The normalized spacial score (nSPS) is 18.4. The van der Waals surface area contributed by atoms with E-state index >= 15 is 0 Å². The van der Waals surface area contributed by atoms with Gasteiger partial charge < -0.3 is 0 Å². The summed E-state index contributed by atoms with van der Waals surface area (Å²) in [5.74, 6) is 0.